The molecule has 0 aliphatic carbocycles. The first-order valence-corrected chi connectivity index (χ1v) is 9.42. The van der Waals surface area contributed by atoms with Gasteiger partial charge in [-0.25, -0.2) is 13.8 Å². The van der Waals surface area contributed by atoms with Crippen LogP contribution in [0.4, 0.5) is 26.0 Å². The van der Waals surface area contributed by atoms with Crippen LogP contribution in [-0.2, 0) is 4.74 Å². The Kier molecular flexibility index (Phi) is 5.38. The third-order valence-corrected chi connectivity index (χ3v) is 5.14. The summed E-state index contributed by atoms with van der Waals surface area (Å²) in [4.78, 5) is 8.22. The summed E-state index contributed by atoms with van der Waals surface area (Å²) in [5, 5.41) is 3.25. The monoisotopic (exact) mass is 374 g/mol. The van der Waals surface area contributed by atoms with Crippen molar-refractivity contribution in [3.63, 3.8) is 0 Å². The Morgan fingerprint density at radius 3 is 2.74 bits per heavy atom. The Hall–Kier alpha value is -2.41. The topological polar surface area (TPSA) is 40.6 Å². The molecule has 5 nitrogen and oxygen atoms in total. The second-order valence-electron chi connectivity index (χ2n) is 6.94. The molecule has 0 radical (unpaired) electrons. The molecule has 0 bridgehead atoms. The number of anilines is 3. The van der Waals surface area contributed by atoms with Gasteiger partial charge in [-0.2, -0.15) is 0 Å². The second-order valence-corrected chi connectivity index (χ2v) is 6.94. The molecule has 27 heavy (non-hydrogen) atoms. The molecule has 2 aliphatic heterocycles. The van der Waals surface area contributed by atoms with E-state index in [9.17, 15) is 4.39 Å². The smallest absolute Gasteiger partial charge is 0.192 e. The number of morpholine rings is 1. The van der Waals surface area contributed by atoms with Crippen LogP contribution in [0.25, 0.3) is 0 Å². The highest BCUT2D eigenvalue weighted by molar-refractivity contribution is 5.55. The summed E-state index contributed by atoms with van der Waals surface area (Å²) in [5.41, 5.74) is 1.63. The lowest BCUT2D eigenvalue weighted by Gasteiger charge is -2.38. The van der Waals surface area contributed by atoms with Crippen molar-refractivity contribution in [3.05, 3.63) is 48.4 Å². The van der Waals surface area contributed by atoms with Crippen LogP contribution in [0.2, 0.25) is 0 Å². The number of alkyl halides is 1. The maximum atomic E-state index is 15.2. The SMILES string of the molecule is Fc1cccc(N2CCC[C@@H](Nc3cc(N4CCOCC4)ccn3)C2F)c1. The molecule has 0 saturated carbocycles. The van der Waals surface area contributed by atoms with Gasteiger partial charge in [0.1, 0.15) is 11.6 Å². The minimum atomic E-state index is -1.24. The number of aromatic nitrogens is 1. The lowest BCUT2D eigenvalue weighted by Crippen LogP contribution is -2.49. The Balaban J connectivity index is 1.47. The van der Waals surface area contributed by atoms with E-state index in [2.05, 4.69) is 15.2 Å². The van der Waals surface area contributed by atoms with Gasteiger partial charge in [0.25, 0.3) is 0 Å². The normalized spacial score (nSPS) is 23.3. The minimum absolute atomic E-state index is 0.352. The molecule has 4 rings (SSSR count). The molecular formula is C20H24F2N4O. The van der Waals surface area contributed by atoms with E-state index in [1.54, 1.807) is 23.2 Å². The first-order valence-electron chi connectivity index (χ1n) is 9.42. The summed E-state index contributed by atoms with van der Waals surface area (Å²) in [5.74, 6) is 0.308. The van der Waals surface area contributed by atoms with Crippen LogP contribution in [0.15, 0.2) is 42.6 Å². The number of hydrogen-bond acceptors (Lipinski definition) is 5. The number of nitrogens with zero attached hydrogens (tertiary/aromatic N) is 3. The van der Waals surface area contributed by atoms with E-state index in [0.29, 0.717) is 37.7 Å². The van der Waals surface area contributed by atoms with Gasteiger partial charge in [0.05, 0.1) is 19.3 Å². The van der Waals surface area contributed by atoms with Crippen LogP contribution >= 0.6 is 0 Å². The Bertz CT molecular complexity index is 769. The average Bonchev–Trinajstić information content (AvgIpc) is 2.70. The lowest BCUT2D eigenvalue weighted by atomic mass is 10.0. The van der Waals surface area contributed by atoms with Crippen molar-refractivity contribution in [2.75, 3.05) is 48.0 Å². The maximum Gasteiger partial charge on any atom is 0.192 e. The molecule has 2 aliphatic rings. The van der Waals surface area contributed by atoms with E-state index >= 15 is 4.39 Å². The molecule has 0 spiro atoms. The van der Waals surface area contributed by atoms with Gasteiger partial charge in [-0.3, -0.25) is 0 Å². The predicted octanol–water partition coefficient (Wildman–Crippen LogP) is 3.43. The van der Waals surface area contributed by atoms with Gasteiger partial charge in [0, 0.05) is 43.3 Å². The fraction of sp³-hybridized carbons (Fsp3) is 0.450. The summed E-state index contributed by atoms with van der Waals surface area (Å²) in [6, 6.07) is 9.64. The fourth-order valence-electron chi connectivity index (χ4n) is 3.73. The van der Waals surface area contributed by atoms with Crippen LogP contribution in [0.3, 0.4) is 0 Å². The van der Waals surface area contributed by atoms with Gasteiger partial charge in [-0.1, -0.05) is 6.07 Å². The lowest BCUT2D eigenvalue weighted by molar-refractivity contribution is 0.122. The van der Waals surface area contributed by atoms with E-state index in [4.69, 9.17) is 4.74 Å². The molecule has 144 valence electrons. The zero-order valence-electron chi connectivity index (χ0n) is 15.2. The number of pyridine rings is 1. The highest BCUT2D eigenvalue weighted by Crippen LogP contribution is 2.28. The van der Waals surface area contributed by atoms with Crippen LogP contribution in [-0.4, -0.2) is 50.2 Å². The van der Waals surface area contributed by atoms with Gasteiger partial charge >= 0.3 is 0 Å². The Morgan fingerprint density at radius 2 is 1.93 bits per heavy atom. The molecule has 3 heterocycles. The first-order chi connectivity index (χ1) is 13.2. The van der Waals surface area contributed by atoms with Crippen LogP contribution < -0.4 is 15.1 Å². The van der Waals surface area contributed by atoms with Gasteiger partial charge in [-0.15, -0.1) is 0 Å². The minimum Gasteiger partial charge on any atom is -0.378 e. The number of hydrogen-bond donors (Lipinski definition) is 1. The summed E-state index contributed by atoms with van der Waals surface area (Å²) in [6.07, 6.45) is 2.04. The van der Waals surface area contributed by atoms with Crippen molar-refractivity contribution in [2.45, 2.75) is 25.2 Å². The molecule has 7 heteroatoms. The van der Waals surface area contributed by atoms with E-state index in [1.807, 2.05) is 12.1 Å². The molecule has 2 saturated heterocycles. The standard InChI is InChI=1S/C20H24F2N4O/c21-15-3-1-4-17(13-15)26-8-2-5-18(20(26)22)24-19-14-16(6-7-23-19)25-9-11-27-12-10-25/h1,3-4,6-7,13-14,18,20H,2,5,8-12H2,(H,23,24)/t18-,20?/m1/s1. The molecule has 1 unspecified atom stereocenters. The van der Waals surface area contributed by atoms with E-state index in [0.717, 1.165) is 25.2 Å². The number of nitrogens with one attached hydrogen (secondary N) is 1. The van der Waals surface area contributed by atoms with Crippen molar-refractivity contribution in [1.29, 1.82) is 0 Å². The second kappa shape index (κ2) is 8.08. The molecule has 1 aromatic carbocycles. The molecule has 1 aromatic heterocycles. The van der Waals surface area contributed by atoms with Gasteiger partial charge in [0.2, 0.25) is 0 Å². The molecule has 2 aromatic rings. The van der Waals surface area contributed by atoms with Crippen LogP contribution in [0.1, 0.15) is 12.8 Å². The third-order valence-electron chi connectivity index (χ3n) is 5.14. The molecule has 1 N–H and O–H groups in total. The van der Waals surface area contributed by atoms with E-state index < -0.39 is 12.3 Å². The molecule has 2 atom stereocenters. The van der Waals surface area contributed by atoms with Gasteiger partial charge in [-0.05, 0) is 37.1 Å². The number of ether oxygens (including phenoxy) is 1. The van der Waals surface area contributed by atoms with Crippen molar-refractivity contribution in [2.24, 2.45) is 0 Å². The Labute approximate surface area is 157 Å². The number of piperidine rings is 1. The average molecular weight is 374 g/mol. The molecule has 2 fully saturated rings. The van der Waals surface area contributed by atoms with Gasteiger partial charge < -0.3 is 19.9 Å². The van der Waals surface area contributed by atoms with Crippen molar-refractivity contribution in [3.8, 4) is 0 Å². The first kappa shape index (κ1) is 18.0. The van der Waals surface area contributed by atoms with E-state index in [-0.39, 0.29) is 5.82 Å². The third kappa shape index (κ3) is 4.13. The Morgan fingerprint density at radius 1 is 1.07 bits per heavy atom. The maximum absolute atomic E-state index is 15.2. The molecular weight excluding hydrogens is 350 g/mol. The van der Waals surface area contributed by atoms with Gasteiger partial charge in [0.15, 0.2) is 6.30 Å². The number of benzene rings is 1. The predicted molar refractivity (Wildman–Crippen MR) is 103 cm³/mol. The summed E-state index contributed by atoms with van der Waals surface area (Å²) in [7, 11) is 0. The summed E-state index contributed by atoms with van der Waals surface area (Å²) in [6.45, 7) is 3.67. The van der Waals surface area contributed by atoms with Crippen molar-refractivity contribution >= 4 is 17.2 Å². The zero-order valence-corrected chi connectivity index (χ0v) is 15.2. The summed E-state index contributed by atoms with van der Waals surface area (Å²) >= 11 is 0. The zero-order chi connectivity index (χ0) is 18.6. The van der Waals surface area contributed by atoms with E-state index in [1.165, 1.54) is 12.1 Å². The number of rotatable bonds is 4. The number of halogens is 2. The van der Waals surface area contributed by atoms with Crippen LogP contribution in [0, 0.1) is 5.82 Å². The molecule has 0 amide bonds. The largest absolute Gasteiger partial charge is 0.378 e. The van der Waals surface area contributed by atoms with Crippen molar-refractivity contribution in [1.82, 2.24) is 4.98 Å². The van der Waals surface area contributed by atoms with Crippen LogP contribution in [0.5, 0.6) is 0 Å². The highest BCUT2D eigenvalue weighted by atomic mass is 19.1. The quantitative estimate of drug-likeness (QED) is 0.831. The summed E-state index contributed by atoms with van der Waals surface area (Å²) < 4.78 is 34.1. The van der Waals surface area contributed by atoms with Crippen molar-refractivity contribution < 1.29 is 13.5 Å². The highest BCUT2D eigenvalue weighted by Gasteiger charge is 2.32. The fourth-order valence-corrected chi connectivity index (χ4v) is 3.73.